The van der Waals surface area contributed by atoms with Crippen molar-refractivity contribution >= 4 is 17.3 Å². The Kier molecular flexibility index (Phi) is 8.25. The van der Waals surface area contributed by atoms with Crippen molar-refractivity contribution in [1.29, 1.82) is 0 Å². The minimum absolute atomic E-state index is 0.0822. The zero-order chi connectivity index (χ0) is 24.9. The summed E-state index contributed by atoms with van der Waals surface area (Å²) in [5, 5.41) is 3.51. The molecule has 3 heterocycles. The van der Waals surface area contributed by atoms with E-state index in [2.05, 4.69) is 65.5 Å². The van der Waals surface area contributed by atoms with E-state index in [1.165, 1.54) is 73.9 Å². The molecule has 1 aromatic carbocycles. The van der Waals surface area contributed by atoms with Gasteiger partial charge in [-0.05, 0) is 80.7 Å². The quantitative estimate of drug-likeness (QED) is 0.466. The third-order valence-corrected chi connectivity index (χ3v) is 8.95. The number of likely N-dealkylation sites (tertiary alicyclic amines) is 1. The lowest BCUT2D eigenvalue weighted by Crippen LogP contribution is -2.49. The Hall–Kier alpha value is -2.40. The fourth-order valence-electron chi connectivity index (χ4n) is 6.61. The first-order valence-corrected chi connectivity index (χ1v) is 14.5. The molecule has 1 aliphatic carbocycles. The van der Waals surface area contributed by atoms with Crippen LogP contribution in [0.4, 0.5) is 11.4 Å². The molecule has 3 unspecified atom stereocenters. The second-order valence-electron chi connectivity index (χ2n) is 11.3. The van der Waals surface area contributed by atoms with Gasteiger partial charge in [0.1, 0.15) is 0 Å². The van der Waals surface area contributed by atoms with E-state index in [4.69, 9.17) is 4.98 Å². The van der Waals surface area contributed by atoms with Crippen molar-refractivity contribution in [3.05, 3.63) is 53.9 Å². The summed E-state index contributed by atoms with van der Waals surface area (Å²) in [5.74, 6) is 0.914. The van der Waals surface area contributed by atoms with Gasteiger partial charge < -0.3 is 10.2 Å². The highest BCUT2D eigenvalue weighted by atomic mass is 16.1. The van der Waals surface area contributed by atoms with Crippen LogP contribution in [0, 0.1) is 11.8 Å². The van der Waals surface area contributed by atoms with Crippen LogP contribution in [0.1, 0.15) is 88.8 Å². The van der Waals surface area contributed by atoms with Gasteiger partial charge in [0.15, 0.2) is 0 Å². The van der Waals surface area contributed by atoms with Gasteiger partial charge >= 0.3 is 0 Å². The molecule has 1 saturated carbocycles. The van der Waals surface area contributed by atoms with Crippen LogP contribution in [0.2, 0.25) is 0 Å². The normalized spacial score (nSPS) is 22.7. The number of pyridine rings is 1. The minimum Gasteiger partial charge on any atom is -0.352 e. The fourth-order valence-corrected chi connectivity index (χ4v) is 6.61. The van der Waals surface area contributed by atoms with Crippen molar-refractivity contribution < 1.29 is 4.79 Å². The van der Waals surface area contributed by atoms with Crippen LogP contribution in [0.3, 0.4) is 0 Å². The standard InChI is InChI=1S/C31H44N4O/c1-3-23(2)31(36)33-28(24-11-5-4-6-12-24)22-34-17-10-16-29(34)26-19-27(21-32-20-26)35-18-9-14-25-13-7-8-15-30(25)35/h7-8,13,15,19-21,23-24,28-29H,3-6,9-12,14,16-18,22H2,1-2H3,(H,33,36). The lowest BCUT2D eigenvalue weighted by molar-refractivity contribution is -0.126. The second-order valence-corrected chi connectivity index (χ2v) is 11.3. The highest BCUT2D eigenvalue weighted by molar-refractivity contribution is 5.78. The molecular weight excluding hydrogens is 444 g/mol. The number of para-hydroxylation sites is 1. The summed E-state index contributed by atoms with van der Waals surface area (Å²) in [4.78, 5) is 22.7. The Labute approximate surface area is 217 Å². The average Bonchev–Trinajstić information content (AvgIpc) is 3.40. The van der Waals surface area contributed by atoms with Crippen molar-refractivity contribution in [2.24, 2.45) is 11.8 Å². The summed E-state index contributed by atoms with van der Waals surface area (Å²) in [7, 11) is 0. The van der Waals surface area contributed by atoms with Crippen LogP contribution in [-0.2, 0) is 11.2 Å². The maximum atomic E-state index is 12.9. The maximum absolute atomic E-state index is 12.9. The van der Waals surface area contributed by atoms with E-state index < -0.39 is 0 Å². The Morgan fingerprint density at radius 1 is 1.06 bits per heavy atom. The highest BCUT2D eigenvalue weighted by Crippen LogP contribution is 2.38. The molecule has 2 aliphatic heterocycles. The number of benzene rings is 1. The lowest BCUT2D eigenvalue weighted by atomic mass is 9.83. The van der Waals surface area contributed by atoms with Crippen LogP contribution in [-0.4, -0.2) is 41.5 Å². The molecule has 5 rings (SSSR count). The molecular formula is C31H44N4O. The zero-order valence-electron chi connectivity index (χ0n) is 22.3. The van der Waals surface area contributed by atoms with E-state index in [1.54, 1.807) is 0 Å². The summed E-state index contributed by atoms with van der Waals surface area (Å²) in [6.07, 6.45) is 16.1. The van der Waals surface area contributed by atoms with Gasteiger partial charge in [0.2, 0.25) is 5.91 Å². The molecule has 0 bridgehead atoms. The summed E-state index contributed by atoms with van der Waals surface area (Å²) in [5.41, 5.74) is 5.30. The van der Waals surface area contributed by atoms with Gasteiger partial charge in [-0.15, -0.1) is 0 Å². The number of aryl methyl sites for hydroxylation is 1. The van der Waals surface area contributed by atoms with Crippen molar-refractivity contribution in [1.82, 2.24) is 15.2 Å². The Morgan fingerprint density at radius 2 is 1.89 bits per heavy atom. The number of rotatable bonds is 8. The van der Waals surface area contributed by atoms with E-state index in [0.717, 1.165) is 32.5 Å². The molecule has 5 heteroatoms. The fraction of sp³-hybridized carbons (Fsp3) is 0.613. The van der Waals surface area contributed by atoms with Gasteiger partial charge in [-0.2, -0.15) is 0 Å². The van der Waals surface area contributed by atoms with Crippen LogP contribution >= 0.6 is 0 Å². The van der Waals surface area contributed by atoms with E-state index >= 15 is 0 Å². The molecule has 3 atom stereocenters. The van der Waals surface area contributed by atoms with Gasteiger partial charge in [-0.3, -0.25) is 14.7 Å². The summed E-state index contributed by atoms with van der Waals surface area (Å²) in [6, 6.07) is 11.8. The number of anilines is 2. The number of carbonyl (C=O) groups excluding carboxylic acids is 1. The second kappa shape index (κ2) is 11.8. The summed E-state index contributed by atoms with van der Waals surface area (Å²) < 4.78 is 0. The number of nitrogens with one attached hydrogen (secondary N) is 1. The Bertz CT molecular complexity index is 1020. The van der Waals surface area contributed by atoms with Crippen LogP contribution in [0.15, 0.2) is 42.7 Å². The number of aromatic nitrogens is 1. The smallest absolute Gasteiger partial charge is 0.223 e. The van der Waals surface area contributed by atoms with Crippen molar-refractivity contribution in [3.8, 4) is 0 Å². The topological polar surface area (TPSA) is 48.5 Å². The molecule has 1 N–H and O–H groups in total. The number of hydrogen-bond acceptors (Lipinski definition) is 4. The maximum Gasteiger partial charge on any atom is 0.223 e. The van der Waals surface area contributed by atoms with Gasteiger partial charge in [0, 0.05) is 43.0 Å². The largest absolute Gasteiger partial charge is 0.352 e. The molecule has 5 nitrogen and oxygen atoms in total. The zero-order valence-corrected chi connectivity index (χ0v) is 22.3. The predicted octanol–water partition coefficient (Wildman–Crippen LogP) is 6.41. The molecule has 194 valence electrons. The lowest BCUT2D eigenvalue weighted by Gasteiger charge is -2.36. The van der Waals surface area contributed by atoms with Crippen molar-refractivity contribution in [2.75, 3.05) is 24.5 Å². The molecule has 2 aromatic rings. The molecule has 1 aromatic heterocycles. The first-order valence-electron chi connectivity index (χ1n) is 14.5. The third-order valence-electron chi connectivity index (χ3n) is 8.95. The van der Waals surface area contributed by atoms with Crippen LogP contribution < -0.4 is 10.2 Å². The van der Waals surface area contributed by atoms with E-state index in [1.807, 2.05) is 6.20 Å². The minimum atomic E-state index is 0.0822. The summed E-state index contributed by atoms with van der Waals surface area (Å²) >= 11 is 0. The summed E-state index contributed by atoms with van der Waals surface area (Å²) in [6.45, 7) is 7.26. The Balaban J connectivity index is 1.34. The van der Waals surface area contributed by atoms with Crippen molar-refractivity contribution in [3.63, 3.8) is 0 Å². The molecule has 2 fully saturated rings. The first-order chi connectivity index (χ1) is 17.6. The predicted molar refractivity (Wildman–Crippen MR) is 148 cm³/mol. The number of nitrogens with zero attached hydrogens (tertiary/aromatic N) is 3. The van der Waals surface area contributed by atoms with E-state index in [0.29, 0.717) is 12.0 Å². The van der Waals surface area contributed by atoms with Gasteiger partial charge in [-0.1, -0.05) is 51.3 Å². The SMILES string of the molecule is CCC(C)C(=O)NC(CN1CCCC1c1cncc(N2CCCc3ccccc32)c1)C1CCCCC1. The highest BCUT2D eigenvalue weighted by Gasteiger charge is 2.33. The van der Waals surface area contributed by atoms with Gasteiger partial charge in [0.05, 0.1) is 11.9 Å². The molecule has 3 aliphatic rings. The average molecular weight is 489 g/mol. The molecule has 1 saturated heterocycles. The number of amides is 1. The molecule has 0 radical (unpaired) electrons. The first kappa shape index (κ1) is 25.3. The molecule has 0 spiro atoms. The van der Waals surface area contributed by atoms with E-state index in [-0.39, 0.29) is 17.9 Å². The molecule has 36 heavy (non-hydrogen) atoms. The van der Waals surface area contributed by atoms with Crippen molar-refractivity contribution in [2.45, 2.75) is 90.1 Å². The van der Waals surface area contributed by atoms with Gasteiger partial charge in [-0.25, -0.2) is 0 Å². The molecule has 1 amide bonds. The number of fused-ring (bicyclic) bond motifs is 1. The van der Waals surface area contributed by atoms with Gasteiger partial charge in [0.25, 0.3) is 0 Å². The Morgan fingerprint density at radius 3 is 2.72 bits per heavy atom. The third kappa shape index (κ3) is 5.61. The monoisotopic (exact) mass is 488 g/mol. The number of carbonyl (C=O) groups is 1. The van der Waals surface area contributed by atoms with Crippen LogP contribution in [0.5, 0.6) is 0 Å². The van der Waals surface area contributed by atoms with Crippen LogP contribution in [0.25, 0.3) is 0 Å². The van der Waals surface area contributed by atoms with E-state index in [9.17, 15) is 4.79 Å². The number of hydrogen-bond donors (Lipinski definition) is 1.